The molecule has 4 heteroatoms. The Labute approximate surface area is 119 Å². The van der Waals surface area contributed by atoms with Crippen LogP contribution < -0.4 is 14.4 Å². The number of fused-ring (bicyclic) bond motifs is 1. The van der Waals surface area contributed by atoms with Crippen molar-refractivity contribution in [1.29, 1.82) is 0 Å². The molecule has 0 N–H and O–H groups in total. The lowest BCUT2D eigenvalue weighted by Gasteiger charge is -2.32. The monoisotopic (exact) mass is 273 g/mol. The van der Waals surface area contributed by atoms with Gasteiger partial charge in [0.15, 0.2) is 0 Å². The van der Waals surface area contributed by atoms with Crippen molar-refractivity contribution >= 4 is 11.6 Å². The second kappa shape index (κ2) is 5.57. The summed E-state index contributed by atoms with van der Waals surface area (Å²) in [6.45, 7) is 1.16. The van der Waals surface area contributed by atoms with E-state index in [2.05, 4.69) is 12.2 Å². The van der Waals surface area contributed by atoms with Crippen molar-refractivity contribution in [2.45, 2.75) is 19.3 Å². The first-order valence-corrected chi connectivity index (χ1v) is 7.07. The van der Waals surface area contributed by atoms with Crippen LogP contribution in [0.25, 0.3) is 0 Å². The Kier molecular flexibility index (Phi) is 3.63. The summed E-state index contributed by atoms with van der Waals surface area (Å²) in [7, 11) is 1.63. The molecule has 20 heavy (non-hydrogen) atoms. The smallest absolute Gasteiger partial charge is 0.230 e. The van der Waals surface area contributed by atoms with Crippen molar-refractivity contribution in [3.05, 3.63) is 30.4 Å². The van der Waals surface area contributed by atoms with E-state index in [9.17, 15) is 4.79 Å². The Morgan fingerprint density at radius 1 is 1.40 bits per heavy atom. The van der Waals surface area contributed by atoms with Gasteiger partial charge in [0.25, 0.3) is 0 Å². The fraction of sp³-hybridized carbons (Fsp3) is 0.438. The zero-order chi connectivity index (χ0) is 13.9. The van der Waals surface area contributed by atoms with Crippen LogP contribution >= 0.6 is 0 Å². The summed E-state index contributed by atoms with van der Waals surface area (Å²) in [6.07, 6.45) is 7.03. The SMILES string of the molecule is COc1ccc2c(c1)N(C(=O)C1CC=CCC1)CCO2. The molecule has 106 valence electrons. The number of methoxy groups -OCH3 is 1. The van der Waals surface area contributed by atoms with Gasteiger partial charge in [-0.05, 0) is 31.4 Å². The van der Waals surface area contributed by atoms with Gasteiger partial charge in [-0.2, -0.15) is 0 Å². The number of carbonyl (C=O) groups excluding carboxylic acids is 1. The molecule has 0 spiro atoms. The average Bonchev–Trinajstić information content (AvgIpc) is 2.54. The van der Waals surface area contributed by atoms with Crippen LogP contribution in [0.4, 0.5) is 5.69 Å². The predicted octanol–water partition coefficient (Wildman–Crippen LogP) is 2.78. The highest BCUT2D eigenvalue weighted by atomic mass is 16.5. The number of nitrogens with zero attached hydrogens (tertiary/aromatic N) is 1. The van der Waals surface area contributed by atoms with Gasteiger partial charge in [-0.15, -0.1) is 0 Å². The standard InChI is InChI=1S/C16H19NO3/c1-19-13-7-8-15-14(11-13)17(9-10-20-15)16(18)12-5-3-2-4-6-12/h2-3,7-8,11-12H,4-6,9-10H2,1H3. The Hall–Kier alpha value is -1.97. The molecule has 0 bridgehead atoms. The van der Waals surface area contributed by atoms with E-state index in [-0.39, 0.29) is 11.8 Å². The zero-order valence-corrected chi connectivity index (χ0v) is 11.7. The average molecular weight is 273 g/mol. The first-order chi connectivity index (χ1) is 9.79. The number of rotatable bonds is 2. The van der Waals surface area contributed by atoms with Gasteiger partial charge in [-0.3, -0.25) is 4.79 Å². The number of ether oxygens (including phenoxy) is 2. The molecule has 1 unspecified atom stereocenters. The van der Waals surface area contributed by atoms with E-state index < -0.39 is 0 Å². The van der Waals surface area contributed by atoms with E-state index >= 15 is 0 Å². The number of hydrogen-bond acceptors (Lipinski definition) is 3. The number of allylic oxidation sites excluding steroid dienone is 2. The molecule has 0 saturated carbocycles. The van der Waals surface area contributed by atoms with Gasteiger partial charge in [-0.1, -0.05) is 12.2 Å². The normalized spacial score (nSPS) is 21.1. The van der Waals surface area contributed by atoms with Crippen molar-refractivity contribution in [3.8, 4) is 11.5 Å². The Bertz CT molecular complexity index is 539. The van der Waals surface area contributed by atoms with Crippen LogP contribution in [0.15, 0.2) is 30.4 Å². The Morgan fingerprint density at radius 3 is 3.05 bits per heavy atom. The first-order valence-electron chi connectivity index (χ1n) is 7.07. The van der Waals surface area contributed by atoms with E-state index in [0.717, 1.165) is 36.4 Å². The minimum atomic E-state index is 0.0946. The predicted molar refractivity (Wildman–Crippen MR) is 77.3 cm³/mol. The summed E-state index contributed by atoms with van der Waals surface area (Å²) in [4.78, 5) is 14.6. The van der Waals surface area contributed by atoms with E-state index in [1.807, 2.05) is 23.1 Å². The van der Waals surface area contributed by atoms with E-state index in [0.29, 0.717) is 13.2 Å². The maximum absolute atomic E-state index is 12.7. The largest absolute Gasteiger partial charge is 0.497 e. The topological polar surface area (TPSA) is 38.8 Å². The van der Waals surface area contributed by atoms with Crippen molar-refractivity contribution in [1.82, 2.24) is 0 Å². The van der Waals surface area contributed by atoms with Gasteiger partial charge in [0.05, 0.1) is 19.3 Å². The lowest BCUT2D eigenvalue weighted by Crippen LogP contribution is -2.41. The van der Waals surface area contributed by atoms with Crippen molar-refractivity contribution in [2.24, 2.45) is 5.92 Å². The van der Waals surface area contributed by atoms with Gasteiger partial charge >= 0.3 is 0 Å². The molecule has 1 amide bonds. The van der Waals surface area contributed by atoms with Crippen LogP contribution in [-0.4, -0.2) is 26.2 Å². The molecule has 3 rings (SSSR count). The number of hydrogen-bond donors (Lipinski definition) is 0. The molecular weight excluding hydrogens is 254 g/mol. The third-order valence-corrected chi connectivity index (χ3v) is 3.91. The molecule has 0 fully saturated rings. The molecular formula is C16H19NO3. The highest BCUT2D eigenvalue weighted by molar-refractivity contribution is 5.97. The van der Waals surface area contributed by atoms with Gasteiger partial charge in [0.2, 0.25) is 5.91 Å². The molecule has 1 atom stereocenters. The van der Waals surface area contributed by atoms with Gasteiger partial charge in [0, 0.05) is 12.0 Å². The van der Waals surface area contributed by atoms with Crippen LogP contribution in [0.3, 0.4) is 0 Å². The van der Waals surface area contributed by atoms with E-state index in [1.54, 1.807) is 7.11 Å². The third kappa shape index (κ3) is 2.38. The highest BCUT2D eigenvalue weighted by Gasteiger charge is 2.29. The minimum absolute atomic E-state index is 0.0946. The molecule has 1 aliphatic carbocycles. The van der Waals surface area contributed by atoms with Crippen LogP contribution in [0.2, 0.25) is 0 Å². The van der Waals surface area contributed by atoms with Crippen molar-refractivity contribution < 1.29 is 14.3 Å². The maximum atomic E-state index is 12.7. The lowest BCUT2D eigenvalue weighted by atomic mass is 9.92. The summed E-state index contributed by atoms with van der Waals surface area (Å²) in [5.41, 5.74) is 0.829. The third-order valence-electron chi connectivity index (χ3n) is 3.91. The highest BCUT2D eigenvalue weighted by Crippen LogP contribution is 2.36. The molecule has 2 aliphatic rings. The van der Waals surface area contributed by atoms with E-state index in [1.165, 1.54) is 0 Å². The van der Waals surface area contributed by atoms with E-state index in [4.69, 9.17) is 9.47 Å². The summed E-state index contributed by atoms with van der Waals surface area (Å²) in [5, 5.41) is 0. The number of benzene rings is 1. The fourth-order valence-electron chi connectivity index (χ4n) is 2.79. The number of carbonyl (C=O) groups is 1. The molecule has 0 aromatic heterocycles. The summed E-state index contributed by atoms with van der Waals surface area (Å²) < 4.78 is 10.9. The van der Waals surface area contributed by atoms with Gasteiger partial charge in [-0.25, -0.2) is 0 Å². The summed E-state index contributed by atoms with van der Waals surface area (Å²) in [6, 6.07) is 5.61. The van der Waals surface area contributed by atoms with Crippen LogP contribution in [0.1, 0.15) is 19.3 Å². The summed E-state index contributed by atoms with van der Waals surface area (Å²) in [5.74, 6) is 1.80. The fourth-order valence-corrected chi connectivity index (χ4v) is 2.79. The quantitative estimate of drug-likeness (QED) is 0.778. The van der Waals surface area contributed by atoms with Crippen LogP contribution in [-0.2, 0) is 4.79 Å². The van der Waals surface area contributed by atoms with Crippen LogP contribution in [0, 0.1) is 5.92 Å². The lowest BCUT2D eigenvalue weighted by molar-refractivity contribution is -0.122. The minimum Gasteiger partial charge on any atom is -0.497 e. The molecule has 4 nitrogen and oxygen atoms in total. The van der Waals surface area contributed by atoms with Crippen molar-refractivity contribution in [2.75, 3.05) is 25.2 Å². The van der Waals surface area contributed by atoms with Crippen LogP contribution in [0.5, 0.6) is 11.5 Å². The Morgan fingerprint density at radius 2 is 2.30 bits per heavy atom. The van der Waals surface area contributed by atoms with Gasteiger partial charge < -0.3 is 14.4 Å². The molecule has 0 saturated heterocycles. The molecule has 1 aliphatic heterocycles. The second-order valence-electron chi connectivity index (χ2n) is 5.15. The molecule has 0 radical (unpaired) electrons. The molecule has 1 heterocycles. The first kappa shape index (κ1) is 13.0. The summed E-state index contributed by atoms with van der Waals surface area (Å²) >= 11 is 0. The van der Waals surface area contributed by atoms with Gasteiger partial charge in [0.1, 0.15) is 18.1 Å². The number of anilines is 1. The molecule has 1 aromatic carbocycles. The number of amides is 1. The Balaban J connectivity index is 1.88. The van der Waals surface area contributed by atoms with Crippen molar-refractivity contribution in [3.63, 3.8) is 0 Å². The maximum Gasteiger partial charge on any atom is 0.230 e. The zero-order valence-electron chi connectivity index (χ0n) is 11.7. The second-order valence-corrected chi connectivity index (χ2v) is 5.15. The molecule has 1 aromatic rings.